The number of hydrogen-bond acceptors (Lipinski definition) is 4. The molecular formula is C11H15N3O3. The van der Waals surface area contributed by atoms with Gasteiger partial charge in [0.05, 0.1) is 6.33 Å². The largest absolute Gasteiger partial charge is 0.477 e. The molecule has 0 bridgehead atoms. The summed E-state index contributed by atoms with van der Waals surface area (Å²) in [6.07, 6.45) is 5.01. The number of likely N-dealkylation sites (N-methyl/N-ethyl adjacent to an activating group) is 1. The number of aromatic nitrogens is 2. The van der Waals surface area contributed by atoms with Crippen molar-refractivity contribution in [1.82, 2.24) is 14.5 Å². The summed E-state index contributed by atoms with van der Waals surface area (Å²) >= 11 is 0. The Morgan fingerprint density at radius 3 is 3.00 bits per heavy atom. The summed E-state index contributed by atoms with van der Waals surface area (Å²) in [7, 11) is 2.05. The standard InChI is InChI=1S/C11H15N3O3/c1-13-4-2-3-8(13)5-14-6-9(11(16)17)10(15)12-7-14/h6-8H,2-5H2,1H3,(H,16,17). The summed E-state index contributed by atoms with van der Waals surface area (Å²) in [6.45, 7) is 1.73. The van der Waals surface area contributed by atoms with Crippen LogP contribution in [-0.2, 0) is 6.54 Å². The van der Waals surface area contributed by atoms with Gasteiger partial charge in [0.2, 0.25) is 0 Å². The fourth-order valence-electron chi connectivity index (χ4n) is 2.15. The van der Waals surface area contributed by atoms with Crippen LogP contribution in [0.3, 0.4) is 0 Å². The average Bonchev–Trinajstić information content (AvgIpc) is 2.67. The number of likely N-dealkylation sites (tertiary alicyclic amines) is 1. The molecule has 17 heavy (non-hydrogen) atoms. The minimum Gasteiger partial charge on any atom is -0.477 e. The number of aromatic carboxylic acids is 1. The number of carboxylic acid groups (broad SMARTS) is 1. The Balaban J connectivity index is 2.19. The van der Waals surface area contributed by atoms with E-state index in [4.69, 9.17) is 5.11 Å². The van der Waals surface area contributed by atoms with Gasteiger partial charge in [-0.25, -0.2) is 4.79 Å². The molecule has 1 aliphatic heterocycles. The highest BCUT2D eigenvalue weighted by molar-refractivity contribution is 5.86. The summed E-state index contributed by atoms with van der Waals surface area (Å²) in [5, 5.41) is 8.84. The zero-order valence-electron chi connectivity index (χ0n) is 9.67. The number of carbonyl (C=O) groups is 1. The lowest BCUT2D eigenvalue weighted by molar-refractivity contribution is 0.0693. The van der Waals surface area contributed by atoms with Crippen LogP contribution in [0, 0.1) is 0 Å². The van der Waals surface area contributed by atoms with Crippen molar-refractivity contribution in [2.24, 2.45) is 0 Å². The van der Waals surface area contributed by atoms with E-state index in [1.165, 1.54) is 12.5 Å². The summed E-state index contributed by atoms with van der Waals surface area (Å²) in [5.41, 5.74) is -0.957. The second-order valence-corrected chi connectivity index (χ2v) is 4.37. The Morgan fingerprint density at radius 1 is 1.65 bits per heavy atom. The molecule has 0 aromatic carbocycles. The first-order valence-electron chi connectivity index (χ1n) is 5.57. The number of rotatable bonds is 3. The highest BCUT2D eigenvalue weighted by Gasteiger charge is 2.21. The predicted octanol–water partition coefficient (Wildman–Crippen LogP) is 0.0357. The van der Waals surface area contributed by atoms with Crippen LogP contribution in [0.4, 0.5) is 0 Å². The topological polar surface area (TPSA) is 75.4 Å². The Bertz CT molecular complexity index is 483. The zero-order chi connectivity index (χ0) is 12.4. The van der Waals surface area contributed by atoms with E-state index >= 15 is 0 Å². The number of carboxylic acids is 1. The number of hydrogen-bond donors (Lipinski definition) is 1. The van der Waals surface area contributed by atoms with Crippen molar-refractivity contribution in [3.63, 3.8) is 0 Å². The van der Waals surface area contributed by atoms with Crippen LogP contribution in [0.15, 0.2) is 17.3 Å². The van der Waals surface area contributed by atoms with Crippen LogP contribution in [0.2, 0.25) is 0 Å². The number of nitrogens with zero attached hydrogens (tertiary/aromatic N) is 3. The van der Waals surface area contributed by atoms with Gasteiger partial charge in [0, 0.05) is 18.8 Å². The normalized spacial score (nSPS) is 20.6. The van der Waals surface area contributed by atoms with Crippen molar-refractivity contribution in [3.8, 4) is 0 Å². The third-order valence-corrected chi connectivity index (χ3v) is 3.17. The molecule has 0 aliphatic carbocycles. The molecule has 2 heterocycles. The highest BCUT2D eigenvalue weighted by Crippen LogP contribution is 2.16. The van der Waals surface area contributed by atoms with Crippen LogP contribution in [0.1, 0.15) is 23.2 Å². The molecular weight excluding hydrogens is 222 g/mol. The smallest absolute Gasteiger partial charge is 0.342 e. The zero-order valence-corrected chi connectivity index (χ0v) is 9.67. The van der Waals surface area contributed by atoms with E-state index in [1.54, 1.807) is 4.57 Å². The Labute approximate surface area is 98.5 Å². The minimum atomic E-state index is -1.23. The monoisotopic (exact) mass is 237 g/mol. The van der Waals surface area contributed by atoms with E-state index in [0.29, 0.717) is 12.6 Å². The maximum absolute atomic E-state index is 11.2. The maximum atomic E-state index is 11.2. The maximum Gasteiger partial charge on any atom is 0.342 e. The van der Waals surface area contributed by atoms with Gasteiger partial charge < -0.3 is 14.6 Å². The molecule has 1 unspecified atom stereocenters. The van der Waals surface area contributed by atoms with Gasteiger partial charge in [-0.15, -0.1) is 0 Å². The van der Waals surface area contributed by atoms with Crippen LogP contribution in [0.25, 0.3) is 0 Å². The molecule has 1 saturated heterocycles. The van der Waals surface area contributed by atoms with Crippen molar-refractivity contribution in [1.29, 1.82) is 0 Å². The average molecular weight is 237 g/mol. The second kappa shape index (κ2) is 4.67. The minimum absolute atomic E-state index is 0.270. The van der Waals surface area contributed by atoms with E-state index < -0.39 is 11.5 Å². The molecule has 0 spiro atoms. The van der Waals surface area contributed by atoms with Gasteiger partial charge in [-0.3, -0.25) is 4.79 Å². The Morgan fingerprint density at radius 2 is 2.41 bits per heavy atom. The lowest BCUT2D eigenvalue weighted by atomic mass is 10.2. The second-order valence-electron chi connectivity index (χ2n) is 4.37. The van der Waals surface area contributed by atoms with Crippen molar-refractivity contribution in [3.05, 3.63) is 28.4 Å². The summed E-state index contributed by atoms with van der Waals surface area (Å²) in [6, 6.07) is 0.390. The quantitative estimate of drug-likeness (QED) is 0.803. The van der Waals surface area contributed by atoms with Gasteiger partial charge in [-0.1, -0.05) is 0 Å². The molecule has 1 aromatic heterocycles. The first-order chi connectivity index (χ1) is 8.08. The fraction of sp³-hybridized carbons (Fsp3) is 0.545. The molecule has 0 radical (unpaired) electrons. The summed E-state index contributed by atoms with van der Waals surface area (Å²) < 4.78 is 1.68. The van der Waals surface area contributed by atoms with E-state index in [1.807, 2.05) is 7.05 Å². The van der Waals surface area contributed by atoms with Crippen LogP contribution in [-0.4, -0.2) is 45.2 Å². The first-order valence-corrected chi connectivity index (χ1v) is 5.57. The van der Waals surface area contributed by atoms with Gasteiger partial charge in [0.25, 0.3) is 5.56 Å². The van der Waals surface area contributed by atoms with Gasteiger partial charge in [0.1, 0.15) is 5.56 Å². The van der Waals surface area contributed by atoms with Crippen LogP contribution >= 0.6 is 0 Å². The van der Waals surface area contributed by atoms with Gasteiger partial charge in [0.15, 0.2) is 0 Å². The lowest BCUT2D eigenvalue weighted by Crippen LogP contribution is -2.30. The molecule has 6 heteroatoms. The van der Waals surface area contributed by atoms with Gasteiger partial charge in [-0.2, -0.15) is 4.98 Å². The fourth-order valence-corrected chi connectivity index (χ4v) is 2.15. The summed E-state index contributed by atoms with van der Waals surface area (Å²) in [4.78, 5) is 27.8. The SMILES string of the molecule is CN1CCCC1Cn1cnc(=O)c(C(=O)O)c1. The third kappa shape index (κ3) is 2.52. The molecule has 1 N–H and O–H groups in total. The molecule has 92 valence electrons. The summed E-state index contributed by atoms with van der Waals surface area (Å²) in [5.74, 6) is -1.23. The Kier molecular flexibility index (Phi) is 3.23. The van der Waals surface area contributed by atoms with Crippen LogP contribution in [0.5, 0.6) is 0 Å². The van der Waals surface area contributed by atoms with Crippen molar-refractivity contribution in [2.75, 3.05) is 13.6 Å². The molecule has 1 aliphatic rings. The van der Waals surface area contributed by atoms with Crippen molar-refractivity contribution in [2.45, 2.75) is 25.4 Å². The predicted molar refractivity (Wildman–Crippen MR) is 61.1 cm³/mol. The highest BCUT2D eigenvalue weighted by atomic mass is 16.4. The van der Waals surface area contributed by atoms with E-state index in [2.05, 4.69) is 9.88 Å². The molecule has 2 rings (SSSR count). The Hall–Kier alpha value is -1.69. The van der Waals surface area contributed by atoms with Gasteiger partial charge in [-0.05, 0) is 26.4 Å². The van der Waals surface area contributed by atoms with E-state index in [-0.39, 0.29) is 5.56 Å². The van der Waals surface area contributed by atoms with E-state index in [0.717, 1.165) is 19.4 Å². The van der Waals surface area contributed by atoms with E-state index in [9.17, 15) is 9.59 Å². The van der Waals surface area contributed by atoms with Crippen LogP contribution < -0.4 is 5.56 Å². The molecule has 0 saturated carbocycles. The molecule has 1 aromatic rings. The lowest BCUT2D eigenvalue weighted by Gasteiger charge is -2.20. The molecule has 0 amide bonds. The van der Waals surface area contributed by atoms with Gasteiger partial charge >= 0.3 is 5.97 Å². The molecule has 6 nitrogen and oxygen atoms in total. The van der Waals surface area contributed by atoms with Crippen molar-refractivity contribution < 1.29 is 9.90 Å². The first kappa shape index (κ1) is 11.8. The molecule has 1 fully saturated rings. The van der Waals surface area contributed by atoms with Crippen molar-refractivity contribution >= 4 is 5.97 Å². The molecule has 1 atom stereocenters. The third-order valence-electron chi connectivity index (χ3n) is 3.17.